The average molecular weight is 542 g/mol. The van der Waals surface area contributed by atoms with Gasteiger partial charge in [-0.3, -0.25) is 9.59 Å². The van der Waals surface area contributed by atoms with Gasteiger partial charge in [-0.25, -0.2) is 12.7 Å². The van der Waals surface area contributed by atoms with Crippen LogP contribution in [0, 0.1) is 0 Å². The monoisotopic (exact) mass is 541 g/mol. The third kappa shape index (κ3) is 7.89. The lowest BCUT2D eigenvalue weighted by atomic mass is 10.0. The first-order chi connectivity index (χ1) is 17.7. The van der Waals surface area contributed by atoms with Crippen molar-refractivity contribution in [1.29, 1.82) is 0 Å². The molecule has 0 aromatic heterocycles. The van der Waals surface area contributed by atoms with E-state index in [4.69, 9.17) is 11.6 Å². The number of carbonyl (C=O) groups is 2. The molecule has 3 aromatic carbocycles. The maximum Gasteiger partial charge on any atom is 0.242 e. The van der Waals surface area contributed by atoms with Gasteiger partial charge in [0.1, 0.15) is 6.04 Å². The highest BCUT2D eigenvalue weighted by atomic mass is 35.5. The van der Waals surface area contributed by atoms with Gasteiger partial charge in [0, 0.05) is 45.0 Å². The van der Waals surface area contributed by atoms with Gasteiger partial charge in [-0.15, -0.1) is 0 Å². The molecule has 1 atom stereocenters. The molecule has 0 unspecified atom stereocenters. The van der Waals surface area contributed by atoms with Crippen molar-refractivity contribution in [1.82, 2.24) is 14.5 Å². The summed E-state index contributed by atoms with van der Waals surface area (Å²) in [6.45, 7) is 0.361. The van der Waals surface area contributed by atoms with E-state index in [-0.39, 0.29) is 36.2 Å². The smallest absolute Gasteiger partial charge is 0.242 e. The molecule has 2 amide bonds. The number of carbonyl (C=O) groups excluding carboxylic acids is 2. The fourth-order valence-electron chi connectivity index (χ4n) is 4.04. The molecule has 0 saturated heterocycles. The Bertz CT molecular complexity index is 1290. The Morgan fingerprint density at radius 3 is 2.16 bits per heavy atom. The number of amides is 2. The first-order valence-corrected chi connectivity index (χ1v) is 13.8. The summed E-state index contributed by atoms with van der Waals surface area (Å²) in [6, 6.07) is 24.1. The third-order valence-electron chi connectivity index (χ3n) is 6.07. The number of nitrogens with zero attached hydrogens (tertiary/aromatic N) is 2. The van der Waals surface area contributed by atoms with Crippen LogP contribution in [0.4, 0.5) is 0 Å². The Balaban J connectivity index is 1.78. The quantitative estimate of drug-likeness (QED) is 0.373. The van der Waals surface area contributed by atoms with Crippen LogP contribution >= 0.6 is 11.6 Å². The number of hydrogen-bond acceptors (Lipinski definition) is 4. The number of halogens is 1. The van der Waals surface area contributed by atoms with Crippen molar-refractivity contribution in [3.8, 4) is 0 Å². The summed E-state index contributed by atoms with van der Waals surface area (Å²) in [5, 5.41) is 3.22. The van der Waals surface area contributed by atoms with Crippen molar-refractivity contribution < 1.29 is 18.0 Å². The molecule has 0 aliphatic rings. The van der Waals surface area contributed by atoms with E-state index in [1.165, 1.54) is 11.4 Å². The zero-order chi connectivity index (χ0) is 26.8. The minimum Gasteiger partial charge on any atom is -0.357 e. The zero-order valence-electron chi connectivity index (χ0n) is 21.0. The van der Waals surface area contributed by atoms with Gasteiger partial charge in [-0.2, -0.15) is 0 Å². The van der Waals surface area contributed by atoms with Crippen LogP contribution in [-0.2, 0) is 32.6 Å². The van der Waals surface area contributed by atoms with Crippen molar-refractivity contribution in [2.75, 3.05) is 20.6 Å². The average Bonchev–Trinajstić information content (AvgIpc) is 2.91. The van der Waals surface area contributed by atoms with Crippen LogP contribution in [0.5, 0.6) is 0 Å². The lowest BCUT2D eigenvalue weighted by Crippen LogP contribution is -2.49. The highest BCUT2D eigenvalue weighted by molar-refractivity contribution is 7.89. The van der Waals surface area contributed by atoms with Crippen molar-refractivity contribution in [3.05, 3.63) is 101 Å². The SMILES string of the molecule is CNC(=O)[C@H](Cc1ccccc1)N(Cc1cccc(Cl)c1)C(=O)CCCN(C)S(=O)(=O)c1ccccc1. The van der Waals surface area contributed by atoms with E-state index in [0.29, 0.717) is 17.9 Å². The molecule has 37 heavy (non-hydrogen) atoms. The minimum atomic E-state index is -3.66. The van der Waals surface area contributed by atoms with Crippen LogP contribution in [-0.4, -0.2) is 56.1 Å². The lowest BCUT2D eigenvalue weighted by molar-refractivity contribution is -0.141. The van der Waals surface area contributed by atoms with Crippen molar-refractivity contribution in [2.24, 2.45) is 0 Å². The molecular weight excluding hydrogens is 510 g/mol. The van der Waals surface area contributed by atoms with E-state index in [2.05, 4.69) is 5.32 Å². The Morgan fingerprint density at radius 1 is 0.919 bits per heavy atom. The van der Waals surface area contributed by atoms with Gasteiger partial charge < -0.3 is 10.2 Å². The van der Waals surface area contributed by atoms with E-state index in [0.717, 1.165) is 11.1 Å². The van der Waals surface area contributed by atoms with Gasteiger partial charge >= 0.3 is 0 Å². The van der Waals surface area contributed by atoms with Crippen LogP contribution in [0.1, 0.15) is 24.0 Å². The number of hydrogen-bond donors (Lipinski definition) is 1. The maximum atomic E-state index is 13.5. The number of benzene rings is 3. The normalized spacial score (nSPS) is 12.2. The summed E-state index contributed by atoms with van der Waals surface area (Å²) in [6.07, 6.45) is 0.728. The van der Waals surface area contributed by atoms with Crippen molar-refractivity contribution in [3.63, 3.8) is 0 Å². The summed E-state index contributed by atoms with van der Waals surface area (Å²) in [5.41, 5.74) is 1.72. The Hall–Kier alpha value is -3.20. The number of nitrogens with one attached hydrogen (secondary N) is 1. The Labute approximate surface area is 224 Å². The first-order valence-electron chi connectivity index (χ1n) is 12.0. The van der Waals surface area contributed by atoms with Gasteiger partial charge in [-0.05, 0) is 41.8 Å². The van der Waals surface area contributed by atoms with Gasteiger partial charge in [0.05, 0.1) is 4.90 Å². The highest BCUT2D eigenvalue weighted by Crippen LogP contribution is 2.19. The first kappa shape index (κ1) is 28.4. The minimum absolute atomic E-state index is 0.0809. The standard InChI is InChI=1S/C28H32ClN3O4S/c1-30-28(34)26(20-22-11-5-3-6-12-22)32(21-23-13-9-14-24(29)19-23)27(33)17-10-18-31(2)37(35,36)25-15-7-4-8-16-25/h3-9,11-16,19,26H,10,17-18,20-21H2,1-2H3,(H,30,34)/t26-/m0/s1. The maximum absolute atomic E-state index is 13.5. The molecule has 0 radical (unpaired) electrons. The molecule has 0 heterocycles. The fourth-order valence-corrected chi connectivity index (χ4v) is 5.49. The molecule has 0 aliphatic carbocycles. The van der Waals surface area contributed by atoms with Gasteiger partial charge in [0.2, 0.25) is 21.8 Å². The summed E-state index contributed by atoms with van der Waals surface area (Å²) in [4.78, 5) is 28.3. The molecule has 0 aliphatic heterocycles. The van der Waals surface area contributed by atoms with Crippen LogP contribution in [0.25, 0.3) is 0 Å². The molecule has 9 heteroatoms. The molecule has 0 fully saturated rings. The molecule has 196 valence electrons. The van der Waals surface area contributed by atoms with E-state index >= 15 is 0 Å². The van der Waals surface area contributed by atoms with E-state index in [9.17, 15) is 18.0 Å². The summed E-state index contributed by atoms with van der Waals surface area (Å²) >= 11 is 6.17. The second-order valence-corrected chi connectivity index (χ2v) is 11.2. The molecule has 0 bridgehead atoms. The van der Waals surface area contributed by atoms with Crippen LogP contribution in [0.2, 0.25) is 5.02 Å². The second-order valence-electron chi connectivity index (χ2n) is 8.71. The lowest BCUT2D eigenvalue weighted by Gasteiger charge is -2.31. The predicted molar refractivity (Wildman–Crippen MR) is 145 cm³/mol. The second kappa shape index (κ2) is 13.4. The Morgan fingerprint density at radius 2 is 1.54 bits per heavy atom. The van der Waals surface area contributed by atoms with Crippen molar-refractivity contribution >= 4 is 33.4 Å². The molecule has 3 rings (SSSR count). The molecule has 7 nitrogen and oxygen atoms in total. The highest BCUT2D eigenvalue weighted by Gasteiger charge is 2.30. The molecular formula is C28H32ClN3O4S. The van der Waals surface area contributed by atoms with Gasteiger partial charge in [0.25, 0.3) is 0 Å². The van der Waals surface area contributed by atoms with E-state index < -0.39 is 16.1 Å². The van der Waals surface area contributed by atoms with Crippen molar-refractivity contribution in [2.45, 2.75) is 36.7 Å². The Kier molecular flexibility index (Phi) is 10.3. The summed E-state index contributed by atoms with van der Waals surface area (Å²) in [7, 11) is -0.609. The van der Waals surface area contributed by atoms with Gasteiger partial charge in [-0.1, -0.05) is 72.3 Å². The topological polar surface area (TPSA) is 86.8 Å². The van der Waals surface area contributed by atoms with Crippen LogP contribution < -0.4 is 5.32 Å². The van der Waals surface area contributed by atoms with E-state index in [1.807, 2.05) is 36.4 Å². The summed E-state index contributed by atoms with van der Waals surface area (Å²) < 4.78 is 26.9. The summed E-state index contributed by atoms with van der Waals surface area (Å²) in [5.74, 6) is -0.516. The molecule has 3 aromatic rings. The fraction of sp³-hybridized carbons (Fsp3) is 0.286. The van der Waals surface area contributed by atoms with Crippen LogP contribution in [0.15, 0.2) is 89.8 Å². The number of rotatable bonds is 12. The predicted octanol–water partition coefficient (Wildman–Crippen LogP) is 4.13. The molecule has 1 N–H and O–H groups in total. The third-order valence-corrected chi connectivity index (χ3v) is 8.18. The van der Waals surface area contributed by atoms with Gasteiger partial charge in [0.15, 0.2) is 0 Å². The van der Waals surface area contributed by atoms with Crippen LogP contribution in [0.3, 0.4) is 0 Å². The van der Waals surface area contributed by atoms with E-state index in [1.54, 1.807) is 60.5 Å². The number of sulfonamides is 1. The largest absolute Gasteiger partial charge is 0.357 e. The zero-order valence-corrected chi connectivity index (χ0v) is 22.6. The molecule has 0 spiro atoms. The molecule has 0 saturated carbocycles. The number of likely N-dealkylation sites (N-methyl/N-ethyl adjacent to an activating group) is 1.